The molecule has 2 atom stereocenters. The third-order valence-electron chi connectivity index (χ3n) is 3.20. The molecule has 0 fully saturated rings. The molecule has 0 aromatic heterocycles. The van der Waals surface area contributed by atoms with Gasteiger partial charge in [0.1, 0.15) is 0 Å². The summed E-state index contributed by atoms with van der Waals surface area (Å²) in [4.78, 5) is 10.3. The lowest BCUT2D eigenvalue weighted by molar-refractivity contribution is -0.384. The molecule has 2 unspecified atom stereocenters. The van der Waals surface area contributed by atoms with Crippen LogP contribution in [0.15, 0.2) is 22.7 Å². The maximum atomic E-state index is 10.7. The van der Waals surface area contributed by atoms with Crippen molar-refractivity contribution in [3.63, 3.8) is 0 Å². The van der Waals surface area contributed by atoms with Crippen LogP contribution in [0, 0.1) is 10.1 Å². The highest BCUT2D eigenvalue weighted by Crippen LogP contribution is 2.31. The molecule has 5 heteroatoms. The molecule has 0 aliphatic rings. The van der Waals surface area contributed by atoms with E-state index in [0.717, 1.165) is 23.0 Å². The van der Waals surface area contributed by atoms with Crippen molar-refractivity contribution in [3.05, 3.63) is 38.3 Å². The fraction of sp³-hybridized carbons (Fsp3) is 0.538. The number of nitrogens with one attached hydrogen (secondary N) is 1. The minimum atomic E-state index is -0.374. The van der Waals surface area contributed by atoms with E-state index in [0.29, 0.717) is 12.0 Å². The van der Waals surface area contributed by atoms with E-state index >= 15 is 0 Å². The Hall–Kier alpha value is -0.940. The van der Waals surface area contributed by atoms with Gasteiger partial charge in [-0.05, 0) is 24.4 Å². The predicted molar refractivity (Wildman–Crippen MR) is 77.0 cm³/mol. The van der Waals surface area contributed by atoms with Gasteiger partial charge >= 0.3 is 0 Å². The van der Waals surface area contributed by atoms with Gasteiger partial charge in [0, 0.05) is 22.6 Å². The first-order chi connectivity index (χ1) is 8.51. The number of nitro benzene ring substituents is 1. The van der Waals surface area contributed by atoms with E-state index in [1.54, 1.807) is 12.1 Å². The van der Waals surface area contributed by atoms with Crippen LogP contribution in [0.3, 0.4) is 0 Å². The second-order valence-corrected chi connectivity index (χ2v) is 5.18. The van der Waals surface area contributed by atoms with Crippen LogP contribution in [0.5, 0.6) is 0 Å². The summed E-state index contributed by atoms with van der Waals surface area (Å²) < 4.78 is 0.806. The van der Waals surface area contributed by atoms with Gasteiger partial charge in [-0.15, -0.1) is 0 Å². The molecule has 1 N–H and O–H groups in total. The highest BCUT2D eigenvalue weighted by Gasteiger charge is 2.20. The minimum absolute atomic E-state index is 0.120. The Kier molecular flexibility index (Phi) is 5.75. The van der Waals surface area contributed by atoms with Gasteiger partial charge in [0.05, 0.1) is 4.92 Å². The van der Waals surface area contributed by atoms with Gasteiger partial charge in [-0.3, -0.25) is 10.1 Å². The van der Waals surface area contributed by atoms with E-state index in [9.17, 15) is 10.1 Å². The molecule has 0 radical (unpaired) electrons. The molecule has 1 aromatic rings. The summed E-state index contributed by atoms with van der Waals surface area (Å²) in [6.07, 6.45) is 1.03. The van der Waals surface area contributed by atoms with Gasteiger partial charge < -0.3 is 5.32 Å². The van der Waals surface area contributed by atoms with Crippen molar-refractivity contribution in [2.75, 3.05) is 6.54 Å². The number of hydrogen-bond donors (Lipinski definition) is 1. The summed E-state index contributed by atoms with van der Waals surface area (Å²) in [5, 5.41) is 14.1. The predicted octanol–water partition coefficient (Wildman–Crippen LogP) is 3.85. The van der Waals surface area contributed by atoms with E-state index < -0.39 is 0 Å². The van der Waals surface area contributed by atoms with Crippen molar-refractivity contribution in [2.45, 2.75) is 39.2 Å². The summed E-state index contributed by atoms with van der Waals surface area (Å²) in [6, 6.07) is 5.36. The zero-order valence-corrected chi connectivity index (χ0v) is 12.5. The topological polar surface area (TPSA) is 55.2 Å². The van der Waals surface area contributed by atoms with Crippen LogP contribution in [0.1, 0.15) is 38.7 Å². The molecule has 18 heavy (non-hydrogen) atoms. The second-order valence-electron chi connectivity index (χ2n) is 4.32. The quantitative estimate of drug-likeness (QED) is 0.641. The Bertz CT molecular complexity index is 423. The van der Waals surface area contributed by atoms with Crippen LogP contribution in [0.2, 0.25) is 0 Å². The number of hydrogen-bond acceptors (Lipinski definition) is 3. The van der Waals surface area contributed by atoms with Crippen LogP contribution in [0.25, 0.3) is 0 Å². The average molecular weight is 315 g/mol. The van der Waals surface area contributed by atoms with Crippen LogP contribution in [-0.2, 0) is 0 Å². The van der Waals surface area contributed by atoms with Crippen molar-refractivity contribution in [2.24, 2.45) is 0 Å². The number of halogens is 1. The van der Waals surface area contributed by atoms with E-state index in [2.05, 4.69) is 42.0 Å². The molecule has 100 valence electrons. The van der Waals surface area contributed by atoms with Crippen LogP contribution in [-0.4, -0.2) is 17.5 Å². The molecular weight excluding hydrogens is 296 g/mol. The lowest BCUT2D eigenvalue weighted by Gasteiger charge is -2.24. The van der Waals surface area contributed by atoms with E-state index in [1.165, 1.54) is 0 Å². The van der Waals surface area contributed by atoms with Crippen molar-refractivity contribution >= 4 is 21.6 Å². The first kappa shape index (κ1) is 15.1. The third kappa shape index (κ3) is 3.53. The Morgan fingerprint density at radius 2 is 2.11 bits per heavy atom. The molecule has 0 bridgehead atoms. The summed E-state index contributed by atoms with van der Waals surface area (Å²) in [6.45, 7) is 7.29. The largest absolute Gasteiger partial charge is 0.314 e. The number of likely N-dealkylation sites (N-methyl/N-ethyl adjacent to an activating group) is 1. The Morgan fingerprint density at radius 3 is 2.56 bits per heavy atom. The normalized spacial score (nSPS) is 14.2. The lowest BCUT2D eigenvalue weighted by atomic mass is 9.91. The van der Waals surface area contributed by atoms with Gasteiger partial charge in [-0.2, -0.15) is 0 Å². The van der Waals surface area contributed by atoms with Gasteiger partial charge in [-0.1, -0.05) is 42.8 Å². The Labute approximate surface area is 116 Å². The van der Waals surface area contributed by atoms with E-state index in [4.69, 9.17) is 0 Å². The molecule has 0 spiro atoms. The number of nitrogens with zero attached hydrogens (tertiary/aromatic N) is 1. The van der Waals surface area contributed by atoms with Gasteiger partial charge in [-0.25, -0.2) is 0 Å². The van der Waals surface area contributed by atoms with Crippen LogP contribution in [0.4, 0.5) is 5.69 Å². The molecular formula is C13H19BrN2O2. The number of non-ortho nitro benzene ring substituents is 1. The molecule has 1 aromatic carbocycles. The van der Waals surface area contributed by atoms with Crippen molar-refractivity contribution in [1.82, 2.24) is 5.32 Å². The Morgan fingerprint density at radius 1 is 1.44 bits per heavy atom. The molecule has 0 saturated heterocycles. The molecule has 1 rings (SSSR count). The van der Waals surface area contributed by atoms with Gasteiger partial charge in [0.15, 0.2) is 0 Å². The molecule has 0 aliphatic heterocycles. The molecule has 4 nitrogen and oxygen atoms in total. The summed E-state index contributed by atoms with van der Waals surface area (Å²) in [7, 11) is 0. The summed E-state index contributed by atoms with van der Waals surface area (Å²) in [5.74, 6) is 0.310. The SMILES string of the molecule is CCNC(CC)C(C)c1ccc([N+](=O)[O-])cc1Br. The van der Waals surface area contributed by atoms with Crippen molar-refractivity contribution < 1.29 is 4.92 Å². The van der Waals surface area contributed by atoms with Gasteiger partial charge in [0.2, 0.25) is 0 Å². The van der Waals surface area contributed by atoms with Crippen molar-refractivity contribution in [3.8, 4) is 0 Å². The number of nitro groups is 1. The first-order valence-corrected chi connectivity index (χ1v) is 6.97. The standard InChI is InChI=1S/C13H19BrN2O2/c1-4-13(15-5-2)9(3)11-7-6-10(16(17)18)8-12(11)14/h6-9,13,15H,4-5H2,1-3H3. The Balaban J connectivity index is 2.98. The van der Waals surface area contributed by atoms with Crippen molar-refractivity contribution in [1.29, 1.82) is 0 Å². The van der Waals surface area contributed by atoms with Crippen LogP contribution >= 0.6 is 15.9 Å². The average Bonchev–Trinajstić information content (AvgIpc) is 2.34. The first-order valence-electron chi connectivity index (χ1n) is 6.18. The highest BCUT2D eigenvalue weighted by atomic mass is 79.9. The maximum Gasteiger partial charge on any atom is 0.270 e. The number of rotatable bonds is 6. The monoisotopic (exact) mass is 314 g/mol. The van der Waals surface area contributed by atoms with Crippen LogP contribution < -0.4 is 5.32 Å². The highest BCUT2D eigenvalue weighted by molar-refractivity contribution is 9.10. The summed E-state index contributed by atoms with van der Waals surface area (Å²) in [5.41, 5.74) is 1.22. The molecule has 0 amide bonds. The fourth-order valence-electron chi connectivity index (χ4n) is 2.15. The molecule has 0 aliphatic carbocycles. The second kappa shape index (κ2) is 6.85. The lowest BCUT2D eigenvalue weighted by Crippen LogP contribution is -2.33. The number of benzene rings is 1. The summed E-state index contributed by atoms with van der Waals surface area (Å²) >= 11 is 3.43. The van der Waals surface area contributed by atoms with Gasteiger partial charge in [0.25, 0.3) is 5.69 Å². The maximum absolute atomic E-state index is 10.7. The zero-order chi connectivity index (χ0) is 13.7. The van der Waals surface area contributed by atoms with E-state index in [-0.39, 0.29) is 10.6 Å². The minimum Gasteiger partial charge on any atom is -0.314 e. The zero-order valence-electron chi connectivity index (χ0n) is 10.9. The molecule has 0 saturated carbocycles. The smallest absolute Gasteiger partial charge is 0.270 e. The van der Waals surface area contributed by atoms with E-state index in [1.807, 2.05) is 6.07 Å². The third-order valence-corrected chi connectivity index (χ3v) is 3.88. The molecule has 0 heterocycles. The fourth-order valence-corrected chi connectivity index (χ4v) is 2.88.